The number of halogens is 2. The van der Waals surface area contributed by atoms with Crippen LogP contribution in [0.1, 0.15) is 37.4 Å². The third-order valence-corrected chi connectivity index (χ3v) is 5.59. The van der Waals surface area contributed by atoms with E-state index in [2.05, 4.69) is 27.5 Å². The van der Waals surface area contributed by atoms with Crippen molar-refractivity contribution in [2.45, 2.75) is 31.7 Å². The Bertz CT molecular complexity index is 1150. The van der Waals surface area contributed by atoms with Crippen LogP contribution in [0, 0.1) is 17.0 Å². The first-order valence-electron chi connectivity index (χ1n) is 10.7. The molecule has 4 N–H and O–H groups in total. The SMILES string of the molecule is C=C(Nc1ccc(OC)cc1)Nc1c(C=N)nc(Nc2cc(F)ccc2F)n1C1CCCC1. The first-order chi connectivity index (χ1) is 16.0. The zero-order valence-corrected chi connectivity index (χ0v) is 18.3. The standard InChI is InChI=1S/C24H26F2N6O/c1-15(28-17-8-10-19(33-2)11-9-17)29-23-22(14-27)31-24(32(23)18-5-3-4-6-18)30-21-13-16(25)7-12-20(21)26/h7-14,18,27-29H,1,3-6H2,2H3,(H,30,31). The summed E-state index contributed by atoms with van der Waals surface area (Å²) in [7, 11) is 1.60. The number of nitrogens with one attached hydrogen (secondary N) is 4. The number of benzene rings is 2. The Kier molecular flexibility index (Phi) is 6.58. The van der Waals surface area contributed by atoms with Gasteiger partial charge in [0.15, 0.2) is 0 Å². The number of anilines is 4. The lowest BCUT2D eigenvalue weighted by atomic mass is 10.2. The number of rotatable bonds is 9. The molecule has 0 atom stereocenters. The topological polar surface area (TPSA) is 87.0 Å². The van der Waals surface area contributed by atoms with Crippen LogP contribution in [0.15, 0.2) is 54.9 Å². The van der Waals surface area contributed by atoms with Crippen molar-refractivity contribution in [3.63, 3.8) is 0 Å². The minimum absolute atomic E-state index is 0.0162. The van der Waals surface area contributed by atoms with Crippen molar-refractivity contribution in [1.82, 2.24) is 9.55 Å². The molecule has 33 heavy (non-hydrogen) atoms. The van der Waals surface area contributed by atoms with E-state index in [1.165, 1.54) is 0 Å². The van der Waals surface area contributed by atoms with Crippen molar-refractivity contribution in [1.29, 1.82) is 5.41 Å². The van der Waals surface area contributed by atoms with Crippen molar-refractivity contribution < 1.29 is 13.5 Å². The normalized spacial score (nSPS) is 13.5. The largest absolute Gasteiger partial charge is 0.497 e. The predicted molar refractivity (Wildman–Crippen MR) is 127 cm³/mol. The molecule has 0 bridgehead atoms. The molecule has 0 aliphatic heterocycles. The molecule has 0 amide bonds. The molecule has 1 saturated carbocycles. The van der Waals surface area contributed by atoms with Crippen LogP contribution in [0.3, 0.4) is 0 Å². The fourth-order valence-corrected chi connectivity index (χ4v) is 4.02. The van der Waals surface area contributed by atoms with E-state index in [0.29, 0.717) is 23.3 Å². The molecule has 0 radical (unpaired) electrons. The number of hydrogen-bond donors (Lipinski definition) is 4. The Hall–Kier alpha value is -3.88. The maximum atomic E-state index is 14.3. The maximum absolute atomic E-state index is 14.3. The van der Waals surface area contributed by atoms with Crippen molar-refractivity contribution in [3.8, 4) is 5.75 Å². The van der Waals surface area contributed by atoms with Gasteiger partial charge in [-0.1, -0.05) is 19.4 Å². The zero-order chi connectivity index (χ0) is 23.4. The van der Waals surface area contributed by atoms with Gasteiger partial charge in [0.2, 0.25) is 5.95 Å². The molecule has 3 aromatic rings. The molecule has 2 aromatic carbocycles. The Balaban J connectivity index is 1.65. The monoisotopic (exact) mass is 452 g/mol. The van der Waals surface area contributed by atoms with Crippen LogP contribution >= 0.6 is 0 Å². The molecule has 1 heterocycles. The lowest BCUT2D eigenvalue weighted by molar-refractivity contribution is 0.415. The van der Waals surface area contributed by atoms with E-state index in [-0.39, 0.29) is 11.7 Å². The minimum Gasteiger partial charge on any atom is -0.497 e. The summed E-state index contributed by atoms with van der Waals surface area (Å²) in [6.45, 7) is 4.05. The van der Waals surface area contributed by atoms with Crippen LogP contribution < -0.4 is 20.7 Å². The van der Waals surface area contributed by atoms with Crippen LogP contribution in [0.25, 0.3) is 0 Å². The fourth-order valence-electron chi connectivity index (χ4n) is 4.02. The van der Waals surface area contributed by atoms with Crippen molar-refractivity contribution >= 4 is 29.4 Å². The molecule has 0 spiro atoms. The highest BCUT2D eigenvalue weighted by Gasteiger charge is 2.26. The molecule has 1 fully saturated rings. The van der Waals surface area contributed by atoms with Gasteiger partial charge in [-0.25, -0.2) is 13.8 Å². The van der Waals surface area contributed by atoms with E-state index in [0.717, 1.165) is 61.5 Å². The van der Waals surface area contributed by atoms with Gasteiger partial charge in [-0.15, -0.1) is 0 Å². The lowest BCUT2D eigenvalue weighted by Gasteiger charge is -2.21. The van der Waals surface area contributed by atoms with Crippen molar-refractivity contribution in [2.75, 3.05) is 23.1 Å². The zero-order valence-electron chi connectivity index (χ0n) is 18.3. The van der Waals surface area contributed by atoms with Gasteiger partial charge in [0.05, 0.1) is 12.8 Å². The molecule has 1 aliphatic carbocycles. The van der Waals surface area contributed by atoms with E-state index in [4.69, 9.17) is 10.1 Å². The number of nitrogens with zero attached hydrogens (tertiary/aromatic N) is 2. The quantitative estimate of drug-likeness (QED) is 0.298. The van der Waals surface area contributed by atoms with Gasteiger partial charge in [-0.3, -0.25) is 4.57 Å². The van der Waals surface area contributed by atoms with Crippen LogP contribution in [0.4, 0.5) is 31.9 Å². The number of ether oxygens (including phenoxy) is 1. The molecule has 1 aliphatic rings. The highest BCUT2D eigenvalue weighted by molar-refractivity contribution is 5.84. The second-order valence-electron chi connectivity index (χ2n) is 7.83. The molecule has 0 unspecified atom stereocenters. The number of hydrogen-bond acceptors (Lipinski definition) is 6. The van der Waals surface area contributed by atoms with Crippen molar-refractivity contribution in [2.24, 2.45) is 0 Å². The van der Waals surface area contributed by atoms with Gasteiger partial charge in [0.1, 0.15) is 34.7 Å². The number of aromatic nitrogens is 2. The number of imidazole rings is 1. The van der Waals surface area contributed by atoms with E-state index in [1.54, 1.807) is 7.11 Å². The minimum atomic E-state index is -0.589. The molecular formula is C24H26F2N6O. The summed E-state index contributed by atoms with van der Waals surface area (Å²) in [4.78, 5) is 4.49. The van der Waals surface area contributed by atoms with Gasteiger partial charge in [0.25, 0.3) is 0 Å². The molecule has 0 saturated heterocycles. The van der Waals surface area contributed by atoms with Crippen LogP contribution in [-0.2, 0) is 0 Å². The summed E-state index contributed by atoms with van der Waals surface area (Å²) in [5.41, 5.74) is 1.15. The Morgan fingerprint density at radius 3 is 2.55 bits per heavy atom. The summed E-state index contributed by atoms with van der Waals surface area (Å²) in [6.07, 6.45) is 5.08. The highest BCUT2D eigenvalue weighted by atomic mass is 19.1. The number of methoxy groups -OCH3 is 1. The Morgan fingerprint density at radius 2 is 1.88 bits per heavy atom. The lowest BCUT2D eigenvalue weighted by Crippen LogP contribution is -2.16. The van der Waals surface area contributed by atoms with E-state index < -0.39 is 11.6 Å². The van der Waals surface area contributed by atoms with Crippen molar-refractivity contribution in [3.05, 3.63) is 72.2 Å². The van der Waals surface area contributed by atoms with Gasteiger partial charge in [-0.05, 0) is 49.2 Å². The van der Waals surface area contributed by atoms with E-state index in [9.17, 15) is 8.78 Å². The van der Waals surface area contributed by atoms with Crippen LogP contribution in [-0.4, -0.2) is 22.9 Å². The average molecular weight is 453 g/mol. The molecule has 7 nitrogen and oxygen atoms in total. The highest BCUT2D eigenvalue weighted by Crippen LogP contribution is 2.38. The van der Waals surface area contributed by atoms with Gasteiger partial charge < -0.3 is 26.1 Å². The predicted octanol–water partition coefficient (Wildman–Crippen LogP) is 6.02. The summed E-state index contributed by atoms with van der Waals surface area (Å²) in [6, 6.07) is 10.7. The van der Waals surface area contributed by atoms with E-state index >= 15 is 0 Å². The van der Waals surface area contributed by atoms with Gasteiger partial charge >= 0.3 is 0 Å². The van der Waals surface area contributed by atoms with Crippen LogP contribution in [0.2, 0.25) is 0 Å². The first-order valence-corrected chi connectivity index (χ1v) is 10.7. The van der Waals surface area contributed by atoms with E-state index in [1.807, 2.05) is 28.8 Å². The van der Waals surface area contributed by atoms with Gasteiger partial charge in [0, 0.05) is 24.0 Å². The summed E-state index contributed by atoms with van der Waals surface area (Å²) in [5.74, 6) is 0.969. The summed E-state index contributed by atoms with van der Waals surface area (Å²) < 4.78 is 35.1. The first kappa shape index (κ1) is 22.3. The molecule has 1 aromatic heterocycles. The second-order valence-corrected chi connectivity index (χ2v) is 7.83. The van der Waals surface area contributed by atoms with Crippen LogP contribution in [0.5, 0.6) is 5.75 Å². The average Bonchev–Trinajstić information content (AvgIpc) is 3.44. The Morgan fingerprint density at radius 1 is 1.15 bits per heavy atom. The summed E-state index contributed by atoms with van der Waals surface area (Å²) in [5, 5.41) is 17.2. The molecular weight excluding hydrogens is 426 g/mol. The van der Waals surface area contributed by atoms with Gasteiger partial charge in [-0.2, -0.15) is 0 Å². The third-order valence-electron chi connectivity index (χ3n) is 5.59. The Labute approximate surface area is 191 Å². The molecule has 9 heteroatoms. The summed E-state index contributed by atoms with van der Waals surface area (Å²) >= 11 is 0. The molecule has 172 valence electrons. The smallest absolute Gasteiger partial charge is 0.209 e. The third kappa shape index (κ3) is 4.97. The molecule has 4 rings (SSSR count). The second kappa shape index (κ2) is 9.72. The maximum Gasteiger partial charge on any atom is 0.209 e. The fraction of sp³-hybridized carbons (Fsp3) is 0.250.